The molecule has 1 aliphatic heterocycles. The fourth-order valence-corrected chi connectivity index (χ4v) is 2.17. The lowest BCUT2D eigenvalue weighted by atomic mass is 10.2. The minimum absolute atomic E-state index is 0.351. The zero-order valence-electron chi connectivity index (χ0n) is 10.5. The molecule has 1 aliphatic rings. The minimum Gasteiger partial charge on any atom is -0.494 e. The van der Waals surface area contributed by atoms with Gasteiger partial charge in [-0.15, -0.1) is 0 Å². The lowest BCUT2D eigenvalue weighted by Gasteiger charge is -2.15. The molecule has 1 saturated heterocycles. The Morgan fingerprint density at radius 2 is 2.17 bits per heavy atom. The molecular weight excluding hydrogens is 226 g/mol. The second kappa shape index (κ2) is 6.39. The molecule has 0 saturated carbocycles. The first-order chi connectivity index (χ1) is 8.78. The molecule has 4 heteroatoms. The van der Waals surface area contributed by atoms with E-state index in [-0.39, 0.29) is 0 Å². The summed E-state index contributed by atoms with van der Waals surface area (Å²) in [5, 5.41) is 8.68. The number of likely N-dealkylation sites (tertiary alicyclic amines) is 1. The Kier molecular flexibility index (Phi) is 4.57. The molecule has 0 amide bonds. The van der Waals surface area contributed by atoms with E-state index in [1.807, 2.05) is 12.1 Å². The number of rotatable bonds is 5. The van der Waals surface area contributed by atoms with Gasteiger partial charge in [-0.1, -0.05) is 0 Å². The van der Waals surface area contributed by atoms with Crippen LogP contribution in [0.5, 0.6) is 5.75 Å². The first kappa shape index (κ1) is 12.9. The Labute approximate surface area is 108 Å². The zero-order valence-corrected chi connectivity index (χ0v) is 10.5. The van der Waals surface area contributed by atoms with Crippen molar-refractivity contribution >= 4 is 0 Å². The summed E-state index contributed by atoms with van der Waals surface area (Å²) in [6, 6.07) is 9.66. The van der Waals surface area contributed by atoms with Crippen molar-refractivity contribution in [2.75, 3.05) is 26.2 Å². The predicted octanol–water partition coefficient (Wildman–Crippen LogP) is 1.36. The van der Waals surface area contributed by atoms with Gasteiger partial charge >= 0.3 is 0 Å². The maximum Gasteiger partial charge on any atom is 0.119 e. The number of hydrogen-bond donors (Lipinski definition) is 1. The quantitative estimate of drug-likeness (QED) is 0.796. The van der Waals surface area contributed by atoms with Crippen molar-refractivity contribution < 1.29 is 4.74 Å². The third-order valence-corrected chi connectivity index (χ3v) is 3.18. The summed E-state index contributed by atoms with van der Waals surface area (Å²) >= 11 is 0. The van der Waals surface area contributed by atoms with E-state index < -0.39 is 0 Å². The monoisotopic (exact) mass is 245 g/mol. The van der Waals surface area contributed by atoms with E-state index in [0.717, 1.165) is 38.2 Å². The molecule has 2 N–H and O–H groups in total. The predicted molar refractivity (Wildman–Crippen MR) is 70.3 cm³/mol. The van der Waals surface area contributed by atoms with E-state index in [4.69, 9.17) is 15.7 Å². The van der Waals surface area contributed by atoms with Crippen LogP contribution in [0.2, 0.25) is 0 Å². The van der Waals surface area contributed by atoms with Crippen LogP contribution in [0.1, 0.15) is 18.4 Å². The van der Waals surface area contributed by atoms with Crippen molar-refractivity contribution in [3.8, 4) is 11.8 Å². The molecule has 0 aliphatic carbocycles. The zero-order chi connectivity index (χ0) is 12.8. The maximum atomic E-state index is 8.68. The summed E-state index contributed by atoms with van der Waals surface area (Å²) in [7, 11) is 0. The Morgan fingerprint density at radius 1 is 1.39 bits per heavy atom. The Balaban J connectivity index is 1.64. The topological polar surface area (TPSA) is 62.3 Å². The maximum absolute atomic E-state index is 8.68. The summed E-state index contributed by atoms with van der Waals surface area (Å²) in [5.41, 5.74) is 6.51. The molecule has 2 rings (SSSR count). The summed E-state index contributed by atoms with van der Waals surface area (Å²) < 4.78 is 5.62. The molecule has 0 aromatic heterocycles. The number of ether oxygens (including phenoxy) is 1. The Morgan fingerprint density at radius 3 is 2.78 bits per heavy atom. The largest absolute Gasteiger partial charge is 0.494 e. The average Bonchev–Trinajstić information content (AvgIpc) is 2.81. The normalized spacial score (nSPS) is 19.7. The van der Waals surface area contributed by atoms with E-state index in [2.05, 4.69) is 11.0 Å². The van der Waals surface area contributed by atoms with E-state index in [1.165, 1.54) is 0 Å². The van der Waals surface area contributed by atoms with Gasteiger partial charge in [0.25, 0.3) is 0 Å². The van der Waals surface area contributed by atoms with Gasteiger partial charge in [0.05, 0.1) is 18.2 Å². The highest BCUT2D eigenvalue weighted by Crippen LogP contribution is 2.12. The van der Waals surface area contributed by atoms with Gasteiger partial charge in [-0.25, -0.2) is 0 Å². The van der Waals surface area contributed by atoms with E-state index in [9.17, 15) is 0 Å². The summed E-state index contributed by atoms with van der Waals surface area (Å²) in [4.78, 5) is 2.38. The van der Waals surface area contributed by atoms with Gasteiger partial charge in [0.1, 0.15) is 5.75 Å². The fourth-order valence-electron chi connectivity index (χ4n) is 2.17. The van der Waals surface area contributed by atoms with Crippen LogP contribution in [0, 0.1) is 11.3 Å². The molecule has 18 heavy (non-hydrogen) atoms. The molecule has 1 aromatic rings. The van der Waals surface area contributed by atoms with E-state index in [0.29, 0.717) is 18.2 Å². The van der Waals surface area contributed by atoms with Gasteiger partial charge in [0.15, 0.2) is 0 Å². The third kappa shape index (κ3) is 3.73. The molecular formula is C14H19N3O. The van der Waals surface area contributed by atoms with Crippen LogP contribution in [-0.4, -0.2) is 37.2 Å². The highest BCUT2D eigenvalue weighted by Gasteiger charge is 2.17. The van der Waals surface area contributed by atoms with Crippen molar-refractivity contribution in [1.82, 2.24) is 4.90 Å². The SMILES string of the molecule is N#Cc1ccc(OCCCN2CCC(N)C2)cc1. The van der Waals surface area contributed by atoms with Crippen LogP contribution < -0.4 is 10.5 Å². The standard InChI is InChI=1S/C14H19N3O/c15-10-12-2-4-14(5-3-12)18-9-1-7-17-8-6-13(16)11-17/h2-5,13H,1,6-9,11,16H2. The molecule has 4 nitrogen and oxygen atoms in total. The van der Waals surface area contributed by atoms with Crippen molar-refractivity contribution in [3.05, 3.63) is 29.8 Å². The first-order valence-electron chi connectivity index (χ1n) is 6.39. The molecule has 1 unspecified atom stereocenters. The van der Waals surface area contributed by atoms with Gasteiger partial charge < -0.3 is 15.4 Å². The number of nitriles is 1. The van der Waals surface area contributed by atoms with Crippen LogP contribution >= 0.6 is 0 Å². The second-order valence-corrected chi connectivity index (χ2v) is 4.69. The molecule has 1 atom stereocenters. The van der Waals surface area contributed by atoms with Crippen molar-refractivity contribution in [2.45, 2.75) is 18.9 Å². The second-order valence-electron chi connectivity index (χ2n) is 4.69. The molecule has 0 radical (unpaired) electrons. The van der Waals surface area contributed by atoms with Crippen molar-refractivity contribution in [1.29, 1.82) is 5.26 Å². The molecule has 1 heterocycles. The average molecular weight is 245 g/mol. The molecule has 96 valence electrons. The smallest absolute Gasteiger partial charge is 0.119 e. The van der Waals surface area contributed by atoms with Crippen LogP contribution in [0.4, 0.5) is 0 Å². The van der Waals surface area contributed by atoms with E-state index in [1.54, 1.807) is 12.1 Å². The molecule has 1 fully saturated rings. The highest BCUT2D eigenvalue weighted by atomic mass is 16.5. The highest BCUT2D eigenvalue weighted by molar-refractivity contribution is 5.34. The number of hydrogen-bond acceptors (Lipinski definition) is 4. The number of nitrogens with two attached hydrogens (primary N) is 1. The van der Waals surface area contributed by atoms with Crippen molar-refractivity contribution in [3.63, 3.8) is 0 Å². The lowest BCUT2D eigenvalue weighted by molar-refractivity contribution is 0.262. The lowest BCUT2D eigenvalue weighted by Crippen LogP contribution is -2.28. The Hall–Kier alpha value is -1.57. The molecule has 1 aromatic carbocycles. The molecule has 0 bridgehead atoms. The van der Waals surface area contributed by atoms with Crippen LogP contribution in [-0.2, 0) is 0 Å². The summed E-state index contributed by atoms with van der Waals surface area (Å²) in [6.45, 7) is 3.87. The summed E-state index contributed by atoms with van der Waals surface area (Å²) in [6.07, 6.45) is 2.11. The van der Waals surface area contributed by atoms with Gasteiger partial charge in [-0.3, -0.25) is 0 Å². The van der Waals surface area contributed by atoms with Gasteiger partial charge in [-0.05, 0) is 43.7 Å². The minimum atomic E-state index is 0.351. The number of nitrogens with zero attached hydrogens (tertiary/aromatic N) is 2. The van der Waals surface area contributed by atoms with Gasteiger partial charge in [0, 0.05) is 19.1 Å². The van der Waals surface area contributed by atoms with Crippen molar-refractivity contribution in [2.24, 2.45) is 5.73 Å². The third-order valence-electron chi connectivity index (χ3n) is 3.18. The Bertz CT molecular complexity index is 410. The van der Waals surface area contributed by atoms with Crippen LogP contribution in [0.3, 0.4) is 0 Å². The van der Waals surface area contributed by atoms with E-state index >= 15 is 0 Å². The van der Waals surface area contributed by atoms with Crippen LogP contribution in [0.15, 0.2) is 24.3 Å². The number of benzene rings is 1. The van der Waals surface area contributed by atoms with Crippen LogP contribution in [0.25, 0.3) is 0 Å². The summed E-state index contributed by atoms with van der Waals surface area (Å²) in [5.74, 6) is 0.826. The van der Waals surface area contributed by atoms with Gasteiger partial charge in [-0.2, -0.15) is 5.26 Å². The van der Waals surface area contributed by atoms with Gasteiger partial charge in [0.2, 0.25) is 0 Å². The molecule has 0 spiro atoms. The first-order valence-corrected chi connectivity index (χ1v) is 6.39. The fraction of sp³-hybridized carbons (Fsp3) is 0.500.